The first-order valence-electron chi connectivity index (χ1n) is 5.26. The monoisotopic (exact) mass is 229 g/mol. The highest BCUT2D eigenvalue weighted by Crippen LogP contribution is 2.25. The maximum atomic E-state index is 12.0. The van der Waals surface area contributed by atoms with Gasteiger partial charge in [0.15, 0.2) is 5.69 Å². The second kappa shape index (κ2) is 3.58. The molecule has 0 spiro atoms. The Bertz CT molecular complexity index is 563. The van der Waals surface area contributed by atoms with Crippen molar-refractivity contribution >= 4 is 11.6 Å². The smallest absolute Gasteiger partial charge is 0.276 e. The second-order valence-electron chi connectivity index (χ2n) is 4.04. The zero-order valence-electron chi connectivity index (χ0n) is 9.05. The summed E-state index contributed by atoms with van der Waals surface area (Å²) >= 11 is 0. The van der Waals surface area contributed by atoms with Crippen molar-refractivity contribution in [1.29, 1.82) is 0 Å². The molecule has 0 unspecified atom stereocenters. The fraction of sp³-hybridized carbons (Fsp3) is 0.182. The van der Waals surface area contributed by atoms with Crippen LogP contribution in [0.5, 0.6) is 0 Å². The van der Waals surface area contributed by atoms with E-state index in [1.54, 1.807) is 4.90 Å². The first-order valence-corrected chi connectivity index (χ1v) is 5.26. The van der Waals surface area contributed by atoms with E-state index in [9.17, 15) is 4.79 Å². The van der Waals surface area contributed by atoms with Crippen molar-refractivity contribution in [2.75, 3.05) is 5.73 Å². The maximum Gasteiger partial charge on any atom is 0.276 e. The number of benzene rings is 1. The van der Waals surface area contributed by atoms with Crippen molar-refractivity contribution in [3.63, 3.8) is 0 Å². The van der Waals surface area contributed by atoms with Gasteiger partial charge in [-0.3, -0.25) is 4.79 Å². The van der Waals surface area contributed by atoms with Crippen LogP contribution in [0.1, 0.15) is 21.6 Å². The number of carbonyl (C=O) groups excluding carboxylic acids is 1. The van der Waals surface area contributed by atoms with Crippen LogP contribution in [0.25, 0.3) is 0 Å². The van der Waals surface area contributed by atoms with E-state index < -0.39 is 0 Å². The number of nitrogens with one attached hydrogen (secondary N) is 1. The van der Waals surface area contributed by atoms with E-state index in [2.05, 4.69) is 15.4 Å². The molecule has 0 saturated heterocycles. The van der Waals surface area contributed by atoms with E-state index >= 15 is 0 Å². The minimum absolute atomic E-state index is 0.117. The summed E-state index contributed by atoms with van der Waals surface area (Å²) in [6.07, 6.45) is 1.43. The third-order valence-electron chi connectivity index (χ3n) is 2.87. The van der Waals surface area contributed by atoms with Gasteiger partial charge in [-0.2, -0.15) is 15.4 Å². The molecule has 1 aliphatic heterocycles. The van der Waals surface area contributed by atoms with E-state index in [1.807, 2.05) is 18.2 Å². The summed E-state index contributed by atoms with van der Waals surface area (Å²) in [5.41, 5.74) is 9.01. The second-order valence-corrected chi connectivity index (χ2v) is 4.04. The Morgan fingerprint density at radius 3 is 2.94 bits per heavy atom. The van der Waals surface area contributed by atoms with Crippen LogP contribution in [0, 0.1) is 0 Å². The summed E-state index contributed by atoms with van der Waals surface area (Å²) in [7, 11) is 0. The van der Waals surface area contributed by atoms with E-state index in [0.717, 1.165) is 16.8 Å². The van der Waals surface area contributed by atoms with Crippen LogP contribution in [0.3, 0.4) is 0 Å². The molecule has 2 heterocycles. The highest BCUT2D eigenvalue weighted by molar-refractivity contribution is 5.92. The number of anilines is 1. The molecule has 17 heavy (non-hydrogen) atoms. The van der Waals surface area contributed by atoms with Crippen molar-refractivity contribution in [3.05, 3.63) is 41.2 Å². The van der Waals surface area contributed by atoms with E-state index in [1.165, 1.54) is 6.20 Å². The molecule has 0 aliphatic carbocycles. The highest BCUT2D eigenvalue weighted by atomic mass is 16.2. The molecule has 1 amide bonds. The van der Waals surface area contributed by atoms with E-state index in [-0.39, 0.29) is 5.91 Å². The van der Waals surface area contributed by atoms with Gasteiger partial charge < -0.3 is 10.6 Å². The lowest BCUT2D eigenvalue weighted by Crippen LogP contribution is -2.25. The first kappa shape index (κ1) is 9.83. The summed E-state index contributed by atoms with van der Waals surface area (Å²) in [4.78, 5) is 13.8. The van der Waals surface area contributed by atoms with Gasteiger partial charge in [0.1, 0.15) is 0 Å². The lowest BCUT2D eigenvalue weighted by molar-refractivity contribution is 0.0745. The number of aromatic nitrogens is 3. The van der Waals surface area contributed by atoms with Crippen molar-refractivity contribution in [3.8, 4) is 0 Å². The van der Waals surface area contributed by atoms with Crippen LogP contribution < -0.4 is 5.73 Å². The standard InChI is InChI=1S/C11H11N5O/c12-9-2-1-7-5-16(6-8(7)3-9)11(17)10-4-13-15-14-10/h1-4H,5-6,12H2,(H,13,14,15). The zero-order chi connectivity index (χ0) is 11.8. The molecule has 86 valence electrons. The lowest BCUT2D eigenvalue weighted by atomic mass is 10.1. The largest absolute Gasteiger partial charge is 0.399 e. The molecule has 1 aromatic carbocycles. The third-order valence-corrected chi connectivity index (χ3v) is 2.87. The molecule has 0 saturated carbocycles. The van der Waals surface area contributed by atoms with Crippen molar-refractivity contribution < 1.29 is 4.79 Å². The van der Waals surface area contributed by atoms with Crippen LogP contribution >= 0.6 is 0 Å². The van der Waals surface area contributed by atoms with Crippen LogP contribution in [-0.4, -0.2) is 26.2 Å². The van der Waals surface area contributed by atoms with Crippen LogP contribution in [0.4, 0.5) is 5.69 Å². The Morgan fingerprint density at radius 2 is 2.18 bits per heavy atom. The van der Waals surface area contributed by atoms with E-state index in [0.29, 0.717) is 18.8 Å². The predicted molar refractivity (Wildman–Crippen MR) is 60.8 cm³/mol. The number of nitrogens with two attached hydrogens (primary N) is 1. The molecule has 2 aromatic rings. The zero-order valence-corrected chi connectivity index (χ0v) is 9.05. The van der Waals surface area contributed by atoms with Gasteiger partial charge in [-0.15, -0.1) is 0 Å². The SMILES string of the molecule is Nc1ccc2c(c1)CN(C(=O)c1cn[nH]n1)C2. The summed E-state index contributed by atoms with van der Waals surface area (Å²) in [6, 6.07) is 5.72. The first-order chi connectivity index (χ1) is 8.24. The fourth-order valence-electron chi connectivity index (χ4n) is 2.02. The predicted octanol–water partition coefficient (Wildman–Crippen LogP) is 0.543. The molecular weight excluding hydrogens is 218 g/mol. The van der Waals surface area contributed by atoms with Gasteiger partial charge in [-0.1, -0.05) is 6.07 Å². The van der Waals surface area contributed by atoms with Gasteiger partial charge in [-0.05, 0) is 23.3 Å². The molecule has 0 radical (unpaired) electrons. The Kier molecular flexibility index (Phi) is 2.07. The average Bonchev–Trinajstić information content (AvgIpc) is 2.96. The number of hydrogen-bond acceptors (Lipinski definition) is 4. The number of rotatable bonds is 1. The molecule has 6 nitrogen and oxygen atoms in total. The average molecular weight is 229 g/mol. The normalized spacial score (nSPS) is 13.8. The summed E-state index contributed by atoms with van der Waals surface area (Å²) < 4.78 is 0. The molecule has 0 bridgehead atoms. The quantitative estimate of drug-likeness (QED) is 0.699. The third kappa shape index (κ3) is 1.63. The maximum absolute atomic E-state index is 12.0. The number of aromatic amines is 1. The van der Waals surface area contributed by atoms with Gasteiger partial charge in [0.2, 0.25) is 0 Å². The Balaban J connectivity index is 1.85. The molecule has 3 rings (SSSR count). The van der Waals surface area contributed by atoms with Crippen LogP contribution in [-0.2, 0) is 13.1 Å². The highest BCUT2D eigenvalue weighted by Gasteiger charge is 2.25. The fourth-order valence-corrected chi connectivity index (χ4v) is 2.02. The molecular formula is C11H11N5O. The number of nitrogens with zero attached hydrogens (tertiary/aromatic N) is 3. The van der Waals surface area contributed by atoms with Gasteiger partial charge in [0.25, 0.3) is 5.91 Å². The van der Waals surface area contributed by atoms with Crippen molar-refractivity contribution in [1.82, 2.24) is 20.3 Å². The number of H-pyrrole nitrogens is 1. The van der Waals surface area contributed by atoms with E-state index in [4.69, 9.17) is 5.73 Å². The summed E-state index contributed by atoms with van der Waals surface area (Å²) in [5.74, 6) is -0.117. The van der Waals surface area contributed by atoms with Gasteiger partial charge in [0, 0.05) is 18.8 Å². The van der Waals surface area contributed by atoms with Crippen molar-refractivity contribution in [2.45, 2.75) is 13.1 Å². The molecule has 0 atom stereocenters. The minimum atomic E-state index is -0.117. The van der Waals surface area contributed by atoms with Gasteiger partial charge >= 0.3 is 0 Å². The molecule has 3 N–H and O–H groups in total. The molecule has 6 heteroatoms. The number of nitrogen functional groups attached to an aromatic ring is 1. The Labute approximate surface area is 97.4 Å². The summed E-state index contributed by atoms with van der Waals surface area (Å²) in [6.45, 7) is 1.17. The van der Waals surface area contributed by atoms with Gasteiger partial charge in [0.05, 0.1) is 6.20 Å². The lowest BCUT2D eigenvalue weighted by Gasteiger charge is -2.12. The number of amides is 1. The Morgan fingerprint density at radius 1 is 1.35 bits per heavy atom. The van der Waals surface area contributed by atoms with Crippen LogP contribution in [0.15, 0.2) is 24.4 Å². The number of hydrogen-bond donors (Lipinski definition) is 2. The number of carbonyl (C=O) groups is 1. The molecule has 1 aromatic heterocycles. The molecule has 1 aliphatic rings. The van der Waals surface area contributed by atoms with Crippen LogP contribution in [0.2, 0.25) is 0 Å². The Hall–Kier alpha value is -2.37. The minimum Gasteiger partial charge on any atom is -0.399 e. The van der Waals surface area contributed by atoms with Gasteiger partial charge in [-0.25, -0.2) is 0 Å². The van der Waals surface area contributed by atoms with Crippen molar-refractivity contribution in [2.24, 2.45) is 0 Å². The topological polar surface area (TPSA) is 87.9 Å². The number of fused-ring (bicyclic) bond motifs is 1. The summed E-state index contributed by atoms with van der Waals surface area (Å²) in [5, 5.41) is 9.86. The molecule has 0 fully saturated rings.